The van der Waals surface area contributed by atoms with Crippen molar-refractivity contribution < 1.29 is 4.79 Å². The van der Waals surface area contributed by atoms with Crippen LogP contribution in [0.15, 0.2) is 36.7 Å². The van der Waals surface area contributed by atoms with Gasteiger partial charge in [-0.3, -0.25) is 14.2 Å². The van der Waals surface area contributed by atoms with Crippen molar-refractivity contribution in [2.75, 3.05) is 6.54 Å². The molecule has 136 valence electrons. The van der Waals surface area contributed by atoms with Gasteiger partial charge in [0.1, 0.15) is 0 Å². The number of aromatic nitrogens is 4. The summed E-state index contributed by atoms with van der Waals surface area (Å²) < 4.78 is 3.55. The number of hydrogen-bond acceptors (Lipinski definition) is 3. The molecule has 0 aliphatic heterocycles. The molecule has 0 fully saturated rings. The summed E-state index contributed by atoms with van der Waals surface area (Å²) in [5, 5.41) is 12.6. The average molecular weight is 392 g/mol. The summed E-state index contributed by atoms with van der Waals surface area (Å²) in [7, 11) is 0. The van der Waals surface area contributed by atoms with Crippen molar-refractivity contribution in [1.82, 2.24) is 24.9 Å². The van der Waals surface area contributed by atoms with Crippen molar-refractivity contribution >= 4 is 29.1 Å². The third-order valence-corrected chi connectivity index (χ3v) is 4.81. The van der Waals surface area contributed by atoms with Gasteiger partial charge in [0.05, 0.1) is 40.7 Å². The molecule has 0 radical (unpaired) electrons. The lowest BCUT2D eigenvalue weighted by molar-refractivity contribution is 0.0952. The molecule has 0 unspecified atom stereocenters. The Hall–Kier alpha value is -2.31. The van der Waals surface area contributed by atoms with Crippen LogP contribution in [0.4, 0.5) is 0 Å². The number of nitrogens with zero attached hydrogens (tertiary/aromatic N) is 4. The molecule has 0 aliphatic carbocycles. The van der Waals surface area contributed by atoms with Crippen molar-refractivity contribution in [1.29, 1.82) is 0 Å². The smallest absolute Gasteiger partial charge is 0.251 e. The Morgan fingerprint density at radius 2 is 1.92 bits per heavy atom. The fourth-order valence-electron chi connectivity index (χ4n) is 2.61. The van der Waals surface area contributed by atoms with Crippen LogP contribution in [-0.4, -0.2) is 32.0 Å². The summed E-state index contributed by atoms with van der Waals surface area (Å²) in [4.78, 5) is 12.2. The van der Waals surface area contributed by atoms with Gasteiger partial charge in [0.25, 0.3) is 5.91 Å². The zero-order chi connectivity index (χ0) is 18.7. The molecule has 1 amide bonds. The molecular formula is C18H19Cl2N5O. The van der Waals surface area contributed by atoms with Gasteiger partial charge in [-0.2, -0.15) is 10.2 Å². The molecule has 2 aromatic heterocycles. The lowest BCUT2D eigenvalue weighted by atomic mass is 10.1. The van der Waals surface area contributed by atoms with Crippen LogP contribution in [-0.2, 0) is 13.1 Å². The third-order valence-electron chi connectivity index (χ3n) is 4.07. The maximum absolute atomic E-state index is 12.2. The van der Waals surface area contributed by atoms with Crippen molar-refractivity contribution in [2.24, 2.45) is 0 Å². The zero-order valence-electron chi connectivity index (χ0n) is 14.5. The fourth-order valence-corrected chi connectivity index (χ4v) is 2.90. The number of carbonyl (C=O) groups excluding carboxylic acids is 1. The minimum absolute atomic E-state index is 0.121. The summed E-state index contributed by atoms with van der Waals surface area (Å²) >= 11 is 12.0. The number of halogens is 2. The van der Waals surface area contributed by atoms with Crippen LogP contribution in [0, 0.1) is 13.8 Å². The molecule has 26 heavy (non-hydrogen) atoms. The van der Waals surface area contributed by atoms with Gasteiger partial charge in [-0.15, -0.1) is 0 Å². The fraction of sp³-hybridized carbons (Fsp3) is 0.278. The van der Waals surface area contributed by atoms with E-state index < -0.39 is 0 Å². The Kier molecular flexibility index (Phi) is 5.64. The first-order valence-corrected chi connectivity index (χ1v) is 8.94. The molecule has 3 aromatic rings. The van der Waals surface area contributed by atoms with Crippen LogP contribution in [0.3, 0.4) is 0 Å². The molecule has 0 saturated heterocycles. The van der Waals surface area contributed by atoms with E-state index in [1.165, 1.54) is 0 Å². The van der Waals surface area contributed by atoms with Crippen LogP contribution in [0.1, 0.15) is 27.3 Å². The topological polar surface area (TPSA) is 64.7 Å². The molecule has 6 nitrogen and oxygen atoms in total. The van der Waals surface area contributed by atoms with Gasteiger partial charge in [-0.25, -0.2) is 0 Å². The first-order valence-electron chi connectivity index (χ1n) is 8.18. The highest BCUT2D eigenvalue weighted by Crippen LogP contribution is 2.20. The molecule has 1 aromatic carbocycles. The molecule has 0 aliphatic rings. The molecule has 0 bridgehead atoms. The molecule has 0 spiro atoms. The van der Waals surface area contributed by atoms with Crippen LogP contribution >= 0.6 is 23.2 Å². The summed E-state index contributed by atoms with van der Waals surface area (Å²) in [5.41, 5.74) is 3.41. The number of benzene rings is 1. The summed E-state index contributed by atoms with van der Waals surface area (Å²) in [5.74, 6) is -0.121. The first kappa shape index (κ1) is 18.5. The van der Waals surface area contributed by atoms with Crippen LogP contribution in [0.5, 0.6) is 0 Å². The Balaban J connectivity index is 1.56. The number of amides is 1. The van der Waals surface area contributed by atoms with Crippen molar-refractivity contribution in [2.45, 2.75) is 26.9 Å². The highest BCUT2D eigenvalue weighted by molar-refractivity contribution is 6.31. The highest BCUT2D eigenvalue weighted by atomic mass is 35.5. The van der Waals surface area contributed by atoms with E-state index in [1.54, 1.807) is 17.1 Å². The normalized spacial score (nSPS) is 10.9. The van der Waals surface area contributed by atoms with Crippen LogP contribution in [0.2, 0.25) is 10.0 Å². The van der Waals surface area contributed by atoms with Gasteiger partial charge in [0, 0.05) is 18.3 Å². The monoisotopic (exact) mass is 391 g/mol. The molecule has 3 rings (SSSR count). The van der Waals surface area contributed by atoms with Gasteiger partial charge in [-0.1, -0.05) is 35.3 Å². The van der Waals surface area contributed by atoms with Crippen LogP contribution in [0.25, 0.3) is 0 Å². The van der Waals surface area contributed by atoms with Gasteiger partial charge >= 0.3 is 0 Å². The van der Waals surface area contributed by atoms with E-state index in [-0.39, 0.29) is 5.91 Å². The second-order valence-electron chi connectivity index (χ2n) is 6.02. The van der Waals surface area contributed by atoms with Crippen molar-refractivity contribution in [3.05, 3.63) is 69.2 Å². The second kappa shape index (κ2) is 7.93. The lowest BCUT2D eigenvalue weighted by Crippen LogP contribution is -2.27. The number of hydrogen-bond donors (Lipinski definition) is 1. The first-order chi connectivity index (χ1) is 12.4. The Morgan fingerprint density at radius 1 is 1.19 bits per heavy atom. The van der Waals surface area contributed by atoms with E-state index in [9.17, 15) is 4.79 Å². The van der Waals surface area contributed by atoms with Gasteiger partial charge in [0.2, 0.25) is 0 Å². The maximum atomic E-state index is 12.2. The van der Waals surface area contributed by atoms with Crippen molar-refractivity contribution in [3.63, 3.8) is 0 Å². The van der Waals surface area contributed by atoms with E-state index in [0.29, 0.717) is 35.2 Å². The number of carbonyl (C=O) groups is 1. The lowest BCUT2D eigenvalue weighted by Gasteiger charge is -2.08. The van der Waals surface area contributed by atoms with E-state index >= 15 is 0 Å². The predicted octanol–water partition coefficient (Wildman–Crippen LogP) is 3.48. The van der Waals surface area contributed by atoms with E-state index in [2.05, 4.69) is 15.5 Å². The number of rotatable bonds is 6. The molecule has 0 atom stereocenters. The summed E-state index contributed by atoms with van der Waals surface area (Å²) in [6, 6.07) is 7.46. The predicted molar refractivity (Wildman–Crippen MR) is 102 cm³/mol. The minimum Gasteiger partial charge on any atom is -0.350 e. The summed E-state index contributed by atoms with van der Waals surface area (Å²) in [6.45, 7) is 5.48. The van der Waals surface area contributed by atoms with Gasteiger partial charge in [0.15, 0.2) is 0 Å². The number of aryl methyl sites for hydroxylation is 1. The Morgan fingerprint density at radius 3 is 2.50 bits per heavy atom. The Bertz CT molecular complexity index is 914. The molecule has 2 heterocycles. The zero-order valence-corrected chi connectivity index (χ0v) is 16.1. The molecular weight excluding hydrogens is 373 g/mol. The molecule has 0 saturated carbocycles. The quantitative estimate of drug-likeness (QED) is 0.699. The largest absolute Gasteiger partial charge is 0.350 e. The average Bonchev–Trinajstić information content (AvgIpc) is 3.14. The maximum Gasteiger partial charge on any atom is 0.251 e. The highest BCUT2D eigenvalue weighted by Gasteiger charge is 2.10. The molecule has 8 heteroatoms. The second-order valence-corrected chi connectivity index (χ2v) is 6.83. The van der Waals surface area contributed by atoms with E-state index in [1.807, 2.05) is 42.8 Å². The van der Waals surface area contributed by atoms with Crippen molar-refractivity contribution in [3.8, 4) is 0 Å². The summed E-state index contributed by atoms with van der Waals surface area (Å²) in [6.07, 6.45) is 3.28. The van der Waals surface area contributed by atoms with Crippen LogP contribution < -0.4 is 5.32 Å². The van der Waals surface area contributed by atoms with E-state index in [4.69, 9.17) is 23.2 Å². The standard InChI is InChI=1S/C18H19Cl2N5O/c1-12-17(20)13(2)25(23-12)10-14-3-5-15(6-4-14)18(26)21-7-8-24-11-16(19)9-22-24/h3-6,9,11H,7-8,10H2,1-2H3,(H,21,26). The van der Waals surface area contributed by atoms with E-state index in [0.717, 1.165) is 17.0 Å². The Labute approximate surface area is 161 Å². The molecule has 1 N–H and O–H groups in total. The van der Waals surface area contributed by atoms with Gasteiger partial charge in [-0.05, 0) is 31.5 Å². The number of nitrogens with one attached hydrogen (secondary N) is 1. The third kappa shape index (κ3) is 4.26. The minimum atomic E-state index is -0.121. The SMILES string of the molecule is Cc1nn(Cc2ccc(C(=O)NCCn3cc(Cl)cn3)cc2)c(C)c1Cl. The van der Waals surface area contributed by atoms with Gasteiger partial charge < -0.3 is 5.32 Å².